The Hall–Kier alpha value is -1.55. The second-order valence-corrected chi connectivity index (χ2v) is 5.04. The molecule has 0 unspecified atom stereocenters. The molecule has 0 aromatic heterocycles. The SMILES string of the molecule is O=C(NCCCN1CCCC1=O)c1cccc(Cl)c1. The first-order valence-corrected chi connectivity index (χ1v) is 6.86. The predicted molar refractivity (Wildman–Crippen MR) is 74.2 cm³/mol. The zero-order valence-corrected chi connectivity index (χ0v) is 11.4. The molecular weight excluding hydrogens is 264 g/mol. The molecule has 1 aliphatic heterocycles. The quantitative estimate of drug-likeness (QED) is 0.840. The molecule has 0 aliphatic carbocycles. The molecule has 1 fully saturated rings. The molecular formula is C14H17ClN2O2. The number of likely N-dealkylation sites (tertiary alicyclic amines) is 1. The van der Waals surface area contributed by atoms with E-state index in [1.165, 1.54) is 0 Å². The molecule has 1 saturated heterocycles. The van der Waals surface area contributed by atoms with E-state index in [0.29, 0.717) is 30.1 Å². The molecule has 1 aromatic carbocycles. The van der Waals surface area contributed by atoms with Gasteiger partial charge in [-0.15, -0.1) is 0 Å². The van der Waals surface area contributed by atoms with Gasteiger partial charge >= 0.3 is 0 Å². The van der Waals surface area contributed by atoms with Crippen molar-refractivity contribution in [1.82, 2.24) is 10.2 Å². The average molecular weight is 281 g/mol. The number of hydrogen-bond donors (Lipinski definition) is 1. The van der Waals surface area contributed by atoms with Crippen molar-refractivity contribution >= 4 is 23.4 Å². The molecule has 1 aliphatic rings. The van der Waals surface area contributed by atoms with Crippen molar-refractivity contribution in [1.29, 1.82) is 0 Å². The highest BCUT2D eigenvalue weighted by atomic mass is 35.5. The highest BCUT2D eigenvalue weighted by Gasteiger charge is 2.19. The molecule has 0 saturated carbocycles. The average Bonchev–Trinajstić information content (AvgIpc) is 2.80. The first kappa shape index (κ1) is 13.9. The number of rotatable bonds is 5. The number of halogens is 1. The van der Waals surface area contributed by atoms with Crippen molar-refractivity contribution in [2.45, 2.75) is 19.3 Å². The summed E-state index contributed by atoms with van der Waals surface area (Å²) in [5.41, 5.74) is 0.560. The number of nitrogens with one attached hydrogen (secondary N) is 1. The summed E-state index contributed by atoms with van der Waals surface area (Å²) in [6.07, 6.45) is 2.39. The van der Waals surface area contributed by atoms with Crippen LogP contribution in [-0.4, -0.2) is 36.3 Å². The number of carbonyl (C=O) groups excluding carboxylic acids is 2. The van der Waals surface area contributed by atoms with E-state index in [0.717, 1.165) is 19.4 Å². The minimum atomic E-state index is -0.129. The lowest BCUT2D eigenvalue weighted by Gasteiger charge is -2.15. The fraction of sp³-hybridized carbons (Fsp3) is 0.429. The van der Waals surface area contributed by atoms with Crippen LogP contribution in [-0.2, 0) is 4.79 Å². The summed E-state index contributed by atoms with van der Waals surface area (Å²) in [5.74, 6) is 0.0939. The van der Waals surface area contributed by atoms with Crippen molar-refractivity contribution in [2.75, 3.05) is 19.6 Å². The van der Waals surface area contributed by atoms with E-state index >= 15 is 0 Å². The van der Waals surface area contributed by atoms with Gasteiger partial charge in [-0.1, -0.05) is 17.7 Å². The molecule has 102 valence electrons. The Kier molecular flexibility index (Phi) is 4.80. The Labute approximate surface area is 117 Å². The van der Waals surface area contributed by atoms with E-state index in [9.17, 15) is 9.59 Å². The molecule has 1 heterocycles. The van der Waals surface area contributed by atoms with Gasteiger partial charge in [0.25, 0.3) is 5.91 Å². The minimum absolute atomic E-state index is 0.129. The number of nitrogens with zero attached hydrogens (tertiary/aromatic N) is 1. The molecule has 0 atom stereocenters. The molecule has 0 bridgehead atoms. The van der Waals surface area contributed by atoms with Crippen LogP contribution in [0.15, 0.2) is 24.3 Å². The summed E-state index contributed by atoms with van der Waals surface area (Å²) >= 11 is 5.83. The van der Waals surface area contributed by atoms with Gasteiger partial charge in [-0.05, 0) is 31.0 Å². The Balaban J connectivity index is 1.71. The van der Waals surface area contributed by atoms with Gasteiger partial charge in [0.15, 0.2) is 0 Å². The fourth-order valence-corrected chi connectivity index (χ4v) is 2.33. The van der Waals surface area contributed by atoms with Crippen LogP contribution in [0.25, 0.3) is 0 Å². The summed E-state index contributed by atoms with van der Waals surface area (Å²) < 4.78 is 0. The molecule has 2 rings (SSSR count). The first-order chi connectivity index (χ1) is 9.16. The van der Waals surface area contributed by atoms with Crippen molar-refractivity contribution in [3.05, 3.63) is 34.9 Å². The maximum Gasteiger partial charge on any atom is 0.251 e. The van der Waals surface area contributed by atoms with Gasteiger partial charge in [0.1, 0.15) is 0 Å². The maximum absolute atomic E-state index is 11.8. The van der Waals surface area contributed by atoms with Crippen LogP contribution in [0.2, 0.25) is 5.02 Å². The van der Waals surface area contributed by atoms with Crippen molar-refractivity contribution < 1.29 is 9.59 Å². The molecule has 0 radical (unpaired) electrons. The zero-order valence-electron chi connectivity index (χ0n) is 10.7. The van der Waals surface area contributed by atoms with Crippen LogP contribution in [0.4, 0.5) is 0 Å². The van der Waals surface area contributed by atoms with Crippen molar-refractivity contribution in [3.63, 3.8) is 0 Å². The van der Waals surface area contributed by atoms with Crippen LogP contribution in [0.1, 0.15) is 29.6 Å². The topological polar surface area (TPSA) is 49.4 Å². The summed E-state index contributed by atoms with van der Waals surface area (Å²) in [6, 6.07) is 6.85. The van der Waals surface area contributed by atoms with E-state index in [4.69, 9.17) is 11.6 Å². The second kappa shape index (κ2) is 6.57. The van der Waals surface area contributed by atoms with E-state index in [-0.39, 0.29) is 11.8 Å². The number of hydrogen-bond acceptors (Lipinski definition) is 2. The van der Waals surface area contributed by atoms with Crippen LogP contribution in [0, 0.1) is 0 Å². The lowest BCUT2D eigenvalue weighted by atomic mass is 10.2. The number of benzene rings is 1. The molecule has 0 spiro atoms. The van der Waals surface area contributed by atoms with E-state index in [1.54, 1.807) is 24.3 Å². The fourth-order valence-electron chi connectivity index (χ4n) is 2.14. The second-order valence-electron chi connectivity index (χ2n) is 4.60. The zero-order chi connectivity index (χ0) is 13.7. The Morgan fingerprint density at radius 1 is 1.42 bits per heavy atom. The molecule has 2 amide bonds. The third-order valence-corrected chi connectivity index (χ3v) is 3.38. The summed E-state index contributed by atoms with van der Waals surface area (Å²) in [7, 11) is 0. The third-order valence-electron chi connectivity index (χ3n) is 3.15. The van der Waals surface area contributed by atoms with E-state index in [1.807, 2.05) is 4.90 Å². The third kappa shape index (κ3) is 3.96. The van der Waals surface area contributed by atoms with Gasteiger partial charge in [-0.2, -0.15) is 0 Å². The largest absolute Gasteiger partial charge is 0.352 e. The summed E-state index contributed by atoms with van der Waals surface area (Å²) in [4.78, 5) is 25.0. The Morgan fingerprint density at radius 3 is 2.95 bits per heavy atom. The van der Waals surface area contributed by atoms with Crippen molar-refractivity contribution in [3.8, 4) is 0 Å². The highest BCUT2D eigenvalue weighted by Crippen LogP contribution is 2.11. The highest BCUT2D eigenvalue weighted by molar-refractivity contribution is 6.30. The van der Waals surface area contributed by atoms with Crippen LogP contribution >= 0.6 is 11.6 Å². The van der Waals surface area contributed by atoms with E-state index < -0.39 is 0 Å². The molecule has 5 heteroatoms. The van der Waals surface area contributed by atoms with Gasteiger partial charge in [-0.25, -0.2) is 0 Å². The number of amides is 2. The summed E-state index contributed by atoms with van der Waals surface area (Å²) in [5, 5.41) is 3.38. The predicted octanol–water partition coefficient (Wildman–Crippen LogP) is 2.08. The maximum atomic E-state index is 11.8. The van der Waals surface area contributed by atoms with Gasteiger partial charge in [0.2, 0.25) is 5.91 Å². The monoisotopic (exact) mass is 280 g/mol. The molecule has 1 aromatic rings. The van der Waals surface area contributed by atoms with Crippen LogP contribution in [0.3, 0.4) is 0 Å². The summed E-state index contributed by atoms with van der Waals surface area (Å²) in [6.45, 7) is 2.13. The number of carbonyl (C=O) groups is 2. The smallest absolute Gasteiger partial charge is 0.251 e. The van der Waals surface area contributed by atoms with E-state index in [2.05, 4.69) is 5.32 Å². The molecule has 1 N–H and O–H groups in total. The van der Waals surface area contributed by atoms with Gasteiger partial charge in [0, 0.05) is 36.6 Å². The first-order valence-electron chi connectivity index (χ1n) is 6.48. The Morgan fingerprint density at radius 2 is 2.26 bits per heavy atom. The Bertz CT molecular complexity index is 476. The van der Waals surface area contributed by atoms with Gasteiger partial charge < -0.3 is 10.2 Å². The van der Waals surface area contributed by atoms with Gasteiger partial charge in [-0.3, -0.25) is 9.59 Å². The lowest BCUT2D eigenvalue weighted by molar-refractivity contribution is -0.127. The normalized spacial score (nSPS) is 14.8. The lowest BCUT2D eigenvalue weighted by Crippen LogP contribution is -2.30. The standard InChI is InChI=1S/C14H17ClN2O2/c15-12-5-1-4-11(10-12)14(19)16-7-3-9-17-8-2-6-13(17)18/h1,4-5,10H,2-3,6-9H2,(H,16,19). The van der Waals surface area contributed by atoms with Crippen molar-refractivity contribution in [2.24, 2.45) is 0 Å². The molecule has 19 heavy (non-hydrogen) atoms. The molecule has 4 nitrogen and oxygen atoms in total. The van der Waals surface area contributed by atoms with Gasteiger partial charge in [0.05, 0.1) is 0 Å². The van der Waals surface area contributed by atoms with Crippen LogP contribution < -0.4 is 5.32 Å². The minimum Gasteiger partial charge on any atom is -0.352 e. The van der Waals surface area contributed by atoms with Crippen LogP contribution in [0.5, 0.6) is 0 Å².